The highest BCUT2D eigenvalue weighted by atomic mass is 19.2. The number of benzene rings is 2. The molecular formula is C19H18F2N2O3. The lowest BCUT2D eigenvalue weighted by molar-refractivity contribution is -0.135. The first-order valence-corrected chi connectivity index (χ1v) is 8.06. The molecule has 2 unspecified atom stereocenters. The van der Waals surface area contributed by atoms with Crippen LogP contribution in [-0.2, 0) is 9.59 Å². The van der Waals surface area contributed by atoms with Gasteiger partial charge >= 0.3 is 0 Å². The maximum atomic E-state index is 13.8. The molecule has 3 rings (SSSR count). The predicted molar refractivity (Wildman–Crippen MR) is 91.8 cm³/mol. The van der Waals surface area contributed by atoms with Gasteiger partial charge in [0.05, 0.1) is 12.8 Å². The van der Waals surface area contributed by atoms with Gasteiger partial charge in [0.25, 0.3) is 0 Å². The standard InChI is InChI=1S/C19H18F2N2O3/c1-23-10-13(11-5-3-6-12(9-11)26-2)16(19(23)25)18(24)22-15-8-4-7-14(20)17(15)21/h3-9,13,16H,10H2,1-2H3,(H,22,24). The van der Waals surface area contributed by atoms with E-state index in [4.69, 9.17) is 4.74 Å². The SMILES string of the molecule is COc1cccc(C2CN(C)C(=O)C2C(=O)Nc2cccc(F)c2F)c1. The molecule has 2 amide bonds. The monoisotopic (exact) mass is 360 g/mol. The fraction of sp³-hybridized carbons (Fsp3) is 0.263. The summed E-state index contributed by atoms with van der Waals surface area (Å²) >= 11 is 0. The number of halogens is 2. The fourth-order valence-corrected chi connectivity index (χ4v) is 3.18. The van der Waals surface area contributed by atoms with Crippen LogP contribution in [0.25, 0.3) is 0 Å². The van der Waals surface area contributed by atoms with Gasteiger partial charge in [-0.1, -0.05) is 18.2 Å². The van der Waals surface area contributed by atoms with Gasteiger partial charge in [-0.2, -0.15) is 0 Å². The molecule has 0 bridgehead atoms. The van der Waals surface area contributed by atoms with Gasteiger partial charge in [-0.3, -0.25) is 9.59 Å². The number of anilines is 1. The van der Waals surface area contributed by atoms with E-state index in [9.17, 15) is 18.4 Å². The van der Waals surface area contributed by atoms with Gasteiger partial charge in [-0.15, -0.1) is 0 Å². The van der Waals surface area contributed by atoms with Crippen LogP contribution < -0.4 is 10.1 Å². The zero-order valence-corrected chi connectivity index (χ0v) is 14.3. The highest BCUT2D eigenvalue weighted by molar-refractivity contribution is 6.08. The van der Waals surface area contributed by atoms with Crippen LogP contribution in [0.2, 0.25) is 0 Å². The van der Waals surface area contributed by atoms with Crippen molar-refractivity contribution in [3.63, 3.8) is 0 Å². The number of hydrogen-bond donors (Lipinski definition) is 1. The molecule has 0 aliphatic carbocycles. The first-order chi connectivity index (χ1) is 12.4. The first kappa shape index (κ1) is 17.8. The van der Waals surface area contributed by atoms with Crippen LogP contribution in [0.3, 0.4) is 0 Å². The number of nitrogens with one attached hydrogen (secondary N) is 1. The van der Waals surface area contributed by atoms with Gasteiger partial charge < -0.3 is 15.0 Å². The number of carbonyl (C=O) groups excluding carboxylic acids is 2. The van der Waals surface area contributed by atoms with E-state index in [0.29, 0.717) is 12.3 Å². The summed E-state index contributed by atoms with van der Waals surface area (Å²) in [5.41, 5.74) is 0.476. The molecule has 2 aromatic carbocycles. The van der Waals surface area contributed by atoms with Crippen LogP contribution in [0, 0.1) is 17.6 Å². The third-order valence-corrected chi connectivity index (χ3v) is 4.53. The Balaban J connectivity index is 1.90. The van der Waals surface area contributed by atoms with E-state index in [2.05, 4.69) is 5.32 Å². The van der Waals surface area contributed by atoms with Gasteiger partial charge in [-0.25, -0.2) is 8.78 Å². The Hall–Kier alpha value is -2.96. The number of ether oxygens (including phenoxy) is 1. The molecule has 1 N–H and O–H groups in total. The van der Waals surface area contributed by atoms with Crippen molar-refractivity contribution < 1.29 is 23.1 Å². The summed E-state index contributed by atoms with van der Waals surface area (Å²) in [5, 5.41) is 2.34. The van der Waals surface area contributed by atoms with E-state index in [0.717, 1.165) is 11.6 Å². The molecule has 1 fully saturated rings. The van der Waals surface area contributed by atoms with Crippen molar-refractivity contribution in [1.82, 2.24) is 4.90 Å². The van der Waals surface area contributed by atoms with Gasteiger partial charge in [0, 0.05) is 19.5 Å². The Bertz CT molecular complexity index is 856. The van der Waals surface area contributed by atoms with Crippen LogP contribution in [0.4, 0.5) is 14.5 Å². The summed E-state index contributed by atoms with van der Waals surface area (Å²) in [6.07, 6.45) is 0. The van der Waals surface area contributed by atoms with Crippen LogP contribution in [0.15, 0.2) is 42.5 Å². The van der Waals surface area contributed by atoms with E-state index in [1.165, 1.54) is 24.1 Å². The summed E-state index contributed by atoms with van der Waals surface area (Å²) in [5.74, 6) is -4.10. The highest BCUT2D eigenvalue weighted by Gasteiger charge is 2.44. The zero-order chi connectivity index (χ0) is 18.8. The highest BCUT2D eigenvalue weighted by Crippen LogP contribution is 2.35. The van der Waals surface area contributed by atoms with Crippen molar-refractivity contribution in [3.05, 3.63) is 59.7 Å². The topological polar surface area (TPSA) is 58.6 Å². The molecule has 136 valence electrons. The van der Waals surface area contributed by atoms with E-state index in [1.807, 2.05) is 6.07 Å². The normalized spacial score (nSPS) is 19.5. The molecular weight excluding hydrogens is 342 g/mol. The smallest absolute Gasteiger partial charge is 0.237 e. The number of likely N-dealkylation sites (tertiary alicyclic amines) is 1. The lowest BCUT2D eigenvalue weighted by atomic mass is 9.87. The van der Waals surface area contributed by atoms with Gasteiger partial charge in [-0.05, 0) is 29.8 Å². The Morgan fingerprint density at radius 3 is 2.69 bits per heavy atom. The average molecular weight is 360 g/mol. The summed E-state index contributed by atoms with van der Waals surface area (Å²) in [7, 11) is 3.13. The third kappa shape index (κ3) is 3.24. The van der Waals surface area contributed by atoms with Crippen molar-refractivity contribution in [1.29, 1.82) is 0 Å². The van der Waals surface area contributed by atoms with Gasteiger partial charge in [0.1, 0.15) is 11.7 Å². The predicted octanol–water partition coefficient (Wildman–Crippen LogP) is 2.78. The minimum Gasteiger partial charge on any atom is -0.497 e. The van der Waals surface area contributed by atoms with E-state index in [1.54, 1.807) is 25.2 Å². The Morgan fingerprint density at radius 2 is 1.96 bits per heavy atom. The molecule has 0 spiro atoms. The summed E-state index contributed by atoms with van der Waals surface area (Å²) in [6, 6.07) is 10.6. The molecule has 1 heterocycles. The van der Waals surface area contributed by atoms with Crippen molar-refractivity contribution in [2.75, 3.05) is 26.0 Å². The minimum absolute atomic E-state index is 0.290. The van der Waals surface area contributed by atoms with Crippen molar-refractivity contribution >= 4 is 17.5 Å². The number of amides is 2. The Morgan fingerprint density at radius 1 is 1.23 bits per heavy atom. The minimum atomic E-state index is -1.16. The molecule has 1 aliphatic rings. The summed E-state index contributed by atoms with van der Waals surface area (Å²) in [6.45, 7) is 0.343. The molecule has 0 saturated carbocycles. The van der Waals surface area contributed by atoms with Gasteiger partial charge in [0.15, 0.2) is 11.6 Å². The van der Waals surface area contributed by atoms with Crippen molar-refractivity contribution in [2.24, 2.45) is 5.92 Å². The number of rotatable bonds is 4. The molecule has 26 heavy (non-hydrogen) atoms. The summed E-state index contributed by atoms with van der Waals surface area (Å²) in [4.78, 5) is 26.6. The number of methoxy groups -OCH3 is 1. The Labute approximate surface area is 149 Å². The third-order valence-electron chi connectivity index (χ3n) is 4.53. The largest absolute Gasteiger partial charge is 0.497 e. The van der Waals surface area contributed by atoms with E-state index in [-0.39, 0.29) is 11.6 Å². The van der Waals surface area contributed by atoms with Crippen LogP contribution in [-0.4, -0.2) is 37.4 Å². The summed E-state index contributed by atoms with van der Waals surface area (Å²) < 4.78 is 32.4. The zero-order valence-electron chi connectivity index (χ0n) is 14.3. The fourth-order valence-electron chi connectivity index (χ4n) is 3.18. The second-order valence-corrected chi connectivity index (χ2v) is 6.17. The van der Waals surface area contributed by atoms with Gasteiger partial charge in [0.2, 0.25) is 11.8 Å². The number of nitrogens with zero attached hydrogens (tertiary/aromatic N) is 1. The van der Waals surface area contributed by atoms with E-state index < -0.39 is 29.4 Å². The first-order valence-electron chi connectivity index (χ1n) is 8.06. The van der Waals surface area contributed by atoms with Crippen LogP contribution in [0.5, 0.6) is 5.75 Å². The molecule has 2 atom stereocenters. The average Bonchev–Trinajstić information content (AvgIpc) is 2.94. The van der Waals surface area contributed by atoms with Crippen molar-refractivity contribution in [3.8, 4) is 5.75 Å². The Kier molecular flexibility index (Phi) is 4.88. The second-order valence-electron chi connectivity index (χ2n) is 6.17. The van der Waals surface area contributed by atoms with E-state index >= 15 is 0 Å². The lowest BCUT2D eigenvalue weighted by Gasteiger charge is -2.18. The molecule has 0 aromatic heterocycles. The number of hydrogen-bond acceptors (Lipinski definition) is 3. The van der Waals surface area contributed by atoms with Crippen molar-refractivity contribution in [2.45, 2.75) is 5.92 Å². The van der Waals surface area contributed by atoms with Crippen LogP contribution in [0.1, 0.15) is 11.5 Å². The lowest BCUT2D eigenvalue weighted by Crippen LogP contribution is -2.33. The maximum absolute atomic E-state index is 13.8. The molecule has 5 nitrogen and oxygen atoms in total. The molecule has 7 heteroatoms. The van der Waals surface area contributed by atoms with Crippen LogP contribution >= 0.6 is 0 Å². The second kappa shape index (κ2) is 7.11. The number of carbonyl (C=O) groups is 2. The maximum Gasteiger partial charge on any atom is 0.237 e. The molecule has 0 radical (unpaired) electrons. The number of likely N-dealkylation sites (N-methyl/N-ethyl adjacent to an activating group) is 1. The molecule has 2 aromatic rings. The quantitative estimate of drug-likeness (QED) is 0.853. The molecule has 1 saturated heterocycles. The molecule has 1 aliphatic heterocycles.